The van der Waals surface area contributed by atoms with Crippen LogP contribution in [-0.4, -0.2) is 24.3 Å². The number of anilines is 1. The monoisotopic (exact) mass is 331 g/mol. The van der Waals surface area contributed by atoms with Crippen LogP contribution in [0.15, 0.2) is 47.4 Å². The molecule has 1 amide bonds. The molecule has 22 heavy (non-hydrogen) atoms. The zero-order valence-electron chi connectivity index (χ0n) is 11.8. The fraction of sp³-hybridized carbons (Fsp3) is 0.235. The molecule has 2 heterocycles. The van der Waals surface area contributed by atoms with Crippen molar-refractivity contribution < 1.29 is 9.53 Å². The molecular formula is C17H14ClNO2S. The lowest BCUT2D eigenvalue weighted by Gasteiger charge is -2.30. The van der Waals surface area contributed by atoms with E-state index in [2.05, 4.69) is 0 Å². The number of halogens is 1. The lowest BCUT2D eigenvalue weighted by Crippen LogP contribution is -2.44. The SMILES string of the molecule is O=C([C@@H]1Cc2ccccc2O1)N1CCSc2ccc(Cl)cc21. The molecule has 2 aliphatic rings. The van der Waals surface area contributed by atoms with Crippen LogP contribution in [0.4, 0.5) is 5.69 Å². The minimum atomic E-state index is -0.438. The molecule has 3 nitrogen and oxygen atoms in total. The number of hydrogen-bond donors (Lipinski definition) is 0. The first-order chi connectivity index (χ1) is 10.7. The Hall–Kier alpha value is -1.65. The van der Waals surface area contributed by atoms with Crippen molar-refractivity contribution in [3.63, 3.8) is 0 Å². The van der Waals surface area contributed by atoms with Crippen LogP contribution in [0.1, 0.15) is 5.56 Å². The Morgan fingerprint density at radius 1 is 1.27 bits per heavy atom. The number of carbonyl (C=O) groups is 1. The molecular weight excluding hydrogens is 318 g/mol. The fourth-order valence-electron chi connectivity index (χ4n) is 2.91. The van der Waals surface area contributed by atoms with Gasteiger partial charge >= 0.3 is 0 Å². The van der Waals surface area contributed by atoms with Crippen LogP contribution >= 0.6 is 23.4 Å². The normalized spacial score (nSPS) is 19.3. The zero-order chi connectivity index (χ0) is 15.1. The number of fused-ring (bicyclic) bond motifs is 2. The van der Waals surface area contributed by atoms with Crippen molar-refractivity contribution in [1.82, 2.24) is 0 Å². The summed E-state index contributed by atoms with van der Waals surface area (Å²) in [5.74, 6) is 1.72. The molecule has 0 radical (unpaired) electrons. The Morgan fingerprint density at radius 3 is 3.00 bits per heavy atom. The molecule has 0 spiro atoms. The van der Waals surface area contributed by atoms with Crippen molar-refractivity contribution in [1.29, 1.82) is 0 Å². The van der Waals surface area contributed by atoms with Gasteiger partial charge in [-0.05, 0) is 29.8 Å². The summed E-state index contributed by atoms with van der Waals surface area (Å²) in [6.45, 7) is 0.688. The number of thioether (sulfide) groups is 1. The summed E-state index contributed by atoms with van der Waals surface area (Å²) in [5.41, 5.74) is 1.99. The minimum Gasteiger partial charge on any atom is -0.480 e. The maximum absolute atomic E-state index is 12.9. The number of benzene rings is 2. The van der Waals surface area contributed by atoms with Crippen molar-refractivity contribution in [2.75, 3.05) is 17.2 Å². The van der Waals surface area contributed by atoms with Crippen molar-refractivity contribution in [3.05, 3.63) is 53.1 Å². The number of hydrogen-bond acceptors (Lipinski definition) is 3. The van der Waals surface area contributed by atoms with Crippen molar-refractivity contribution in [2.45, 2.75) is 17.4 Å². The highest BCUT2D eigenvalue weighted by Gasteiger charge is 2.34. The first-order valence-corrected chi connectivity index (χ1v) is 8.57. The van der Waals surface area contributed by atoms with Crippen LogP contribution in [-0.2, 0) is 11.2 Å². The van der Waals surface area contributed by atoms with E-state index in [0.717, 1.165) is 27.6 Å². The summed E-state index contributed by atoms with van der Waals surface area (Å²) in [7, 11) is 0. The standard InChI is InChI=1S/C17H14ClNO2S/c18-12-5-6-16-13(10-12)19(7-8-22-16)17(20)15-9-11-3-1-2-4-14(11)21-15/h1-6,10,15H,7-9H2/t15-/m0/s1. The Bertz CT molecular complexity index is 724. The molecule has 2 aromatic carbocycles. The molecule has 0 bridgehead atoms. The second-order valence-corrected chi connectivity index (χ2v) is 6.94. The largest absolute Gasteiger partial charge is 0.480 e. The van der Waals surface area contributed by atoms with Crippen LogP contribution in [0.3, 0.4) is 0 Å². The van der Waals surface area contributed by atoms with Gasteiger partial charge in [0, 0.05) is 28.6 Å². The second-order valence-electron chi connectivity index (χ2n) is 5.37. The van der Waals surface area contributed by atoms with Crippen LogP contribution in [0.25, 0.3) is 0 Å². The molecule has 112 valence electrons. The summed E-state index contributed by atoms with van der Waals surface area (Å²) >= 11 is 7.86. The summed E-state index contributed by atoms with van der Waals surface area (Å²) in [5, 5.41) is 0.648. The molecule has 0 fully saturated rings. The van der Waals surface area contributed by atoms with Gasteiger partial charge in [0.15, 0.2) is 6.10 Å². The first-order valence-electron chi connectivity index (χ1n) is 7.21. The van der Waals surface area contributed by atoms with E-state index in [4.69, 9.17) is 16.3 Å². The van der Waals surface area contributed by atoms with Gasteiger partial charge in [0.2, 0.25) is 0 Å². The van der Waals surface area contributed by atoms with Gasteiger partial charge in [0.1, 0.15) is 5.75 Å². The average Bonchev–Trinajstić information content (AvgIpc) is 2.97. The minimum absolute atomic E-state index is 0.0139. The molecule has 0 aliphatic carbocycles. The first kappa shape index (κ1) is 14.0. The van der Waals surface area contributed by atoms with Gasteiger partial charge < -0.3 is 9.64 Å². The highest BCUT2D eigenvalue weighted by molar-refractivity contribution is 7.99. The van der Waals surface area contributed by atoms with Crippen LogP contribution in [0.5, 0.6) is 5.75 Å². The average molecular weight is 332 g/mol. The van der Waals surface area contributed by atoms with E-state index in [0.29, 0.717) is 18.0 Å². The number of ether oxygens (including phenoxy) is 1. The lowest BCUT2D eigenvalue weighted by atomic mass is 10.1. The maximum Gasteiger partial charge on any atom is 0.268 e. The van der Waals surface area contributed by atoms with Crippen molar-refractivity contribution in [2.24, 2.45) is 0 Å². The maximum atomic E-state index is 12.9. The van der Waals surface area contributed by atoms with Crippen LogP contribution < -0.4 is 9.64 Å². The second kappa shape index (κ2) is 5.52. The number of carbonyl (C=O) groups excluding carboxylic acids is 1. The van der Waals surface area contributed by atoms with E-state index in [1.807, 2.05) is 47.4 Å². The van der Waals surface area contributed by atoms with Crippen molar-refractivity contribution in [3.8, 4) is 5.75 Å². The predicted molar refractivity (Wildman–Crippen MR) is 89.1 cm³/mol. The third kappa shape index (κ3) is 2.36. The Balaban J connectivity index is 1.62. The molecule has 2 aromatic rings. The Morgan fingerprint density at radius 2 is 2.14 bits per heavy atom. The molecule has 1 atom stereocenters. The summed E-state index contributed by atoms with van der Waals surface area (Å²) < 4.78 is 5.84. The van der Waals surface area contributed by atoms with Gasteiger partial charge in [-0.15, -0.1) is 11.8 Å². The van der Waals surface area contributed by atoms with Gasteiger partial charge in [-0.2, -0.15) is 0 Å². The van der Waals surface area contributed by atoms with Gasteiger partial charge in [-0.25, -0.2) is 0 Å². The zero-order valence-corrected chi connectivity index (χ0v) is 13.4. The molecule has 4 rings (SSSR count). The highest BCUT2D eigenvalue weighted by Crippen LogP contribution is 2.38. The van der Waals surface area contributed by atoms with E-state index in [9.17, 15) is 4.79 Å². The summed E-state index contributed by atoms with van der Waals surface area (Å²) in [6.07, 6.45) is 0.196. The Labute approximate surface area is 138 Å². The third-order valence-corrected chi connectivity index (χ3v) is 5.25. The molecule has 0 unspecified atom stereocenters. The van der Waals surface area contributed by atoms with Gasteiger partial charge in [-0.1, -0.05) is 29.8 Å². The summed E-state index contributed by atoms with van der Waals surface area (Å²) in [4.78, 5) is 15.8. The number of amides is 1. The Kier molecular flexibility index (Phi) is 3.51. The quantitative estimate of drug-likeness (QED) is 0.796. The topological polar surface area (TPSA) is 29.5 Å². The highest BCUT2D eigenvalue weighted by atomic mass is 35.5. The van der Waals surface area contributed by atoms with E-state index in [1.165, 1.54) is 0 Å². The smallest absolute Gasteiger partial charge is 0.268 e. The molecule has 0 saturated carbocycles. The molecule has 5 heteroatoms. The van der Waals surface area contributed by atoms with Crippen LogP contribution in [0, 0.1) is 0 Å². The number of rotatable bonds is 1. The fourth-order valence-corrected chi connectivity index (χ4v) is 4.05. The molecule has 0 saturated heterocycles. The van der Waals surface area contributed by atoms with Gasteiger partial charge in [0.25, 0.3) is 5.91 Å². The number of para-hydroxylation sites is 1. The molecule has 2 aliphatic heterocycles. The van der Waals surface area contributed by atoms with Crippen LogP contribution in [0.2, 0.25) is 5.02 Å². The van der Waals surface area contributed by atoms with E-state index in [1.54, 1.807) is 11.8 Å². The van der Waals surface area contributed by atoms with E-state index < -0.39 is 6.10 Å². The summed E-state index contributed by atoms with van der Waals surface area (Å²) in [6, 6.07) is 13.5. The number of nitrogens with zero attached hydrogens (tertiary/aromatic N) is 1. The lowest BCUT2D eigenvalue weighted by molar-refractivity contribution is -0.124. The van der Waals surface area contributed by atoms with E-state index >= 15 is 0 Å². The van der Waals surface area contributed by atoms with E-state index in [-0.39, 0.29) is 5.91 Å². The van der Waals surface area contributed by atoms with Crippen molar-refractivity contribution >= 4 is 35.0 Å². The molecule has 0 aromatic heterocycles. The van der Waals surface area contributed by atoms with Gasteiger partial charge in [0.05, 0.1) is 5.69 Å². The van der Waals surface area contributed by atoms with Gasteiger partial charge in [-0.3, -0.25) is 4.79 Å². The predicted octanol–water partition coefficient (Wildman–Crippen LogP) is 3.78. The third-order valence-electron chi connectivity index (χ3n) is 3.97. The molecule has 0 N–H and O–H groups in total.